The van der Waals surface area contributed by atoms with Crippen LogP contribution in [0, 0.1) is 0 Å². The number of carbonyl (C=O) groups is 3. The fourth-order valence-corrected chi connectivity index (χ4v) is 7.42. The average molecular weight is 855 g/mol. The highest BCUT2D eigenvalue weighted by atomic mass is 16.6. The van der Waals surface area contributed by atoms with Crippen molar-refractivity contribution in [3.05, 3.63) is 48.6 Å². The van der Waals surface area contributed by atoms with Gasteiger partial charge in [-0.1, -0.05) is 236 Å². The van der Waals surface area contributed by atoms with E-state index in [0.29, 0.717) is 19.3 Å². The fraction of sp³-hybridized carbons (Fsp3) is 0.800. The van der Waals surface area contributed by atoms with Crippen molar-refractivity contribution < 1.29 is 28.6 Å². The number of esters is 3. The number of unbranched alkanes of at least 4 members (excludes halogenated alkanes) is 30. The summed E-state index contributed by atoms with van der Waals surface area (Å²) in [6, 6.07) is 0. The summed E-state index contributed by atoms with van der Waals surface area (Å²) in [7, 11) is 0. The Hall–Kier alpha value is -2.63. The Morgan fingerprint density at radius 1 is 0.344 bits per heavy atom. The molecule has 61 heavy (non-hydrogen) atoms. The lowest BCUT2D eigenvalue weighted by Gasteiger charge is -2.18. The van der Waals surface area contributed by atoms with Gasteiger partial charge < -0.3 is 14.2 Å². The lowest BCUT2D eigenvalue weighted by atomic mass is 10.0. The number of allylic oxidation sites excluding steroid dienone is 8. The van der Waals surface area contributed by atoms with Gasteiger partial charge in [0.1, 0.15) is 13.2 Å². The molecule has 0 N–H and O–H groups in total. The highest BCUT2D eigenvalue weighted by Gasteiger charge is 2.19. The third kappa shape index (κ3) is 48.3. The molecule has 0 fully saturated rings. The van der Waals surface area contributed by atoms with E-state index in [2.05, 4.69) is 69.4 Å². The second-order valence-corrected chi connectivity index (χ2v) is 17.5. The Labute approximate surface area is 378 Å². The van der Waals surface area contributed by atoms with Crippen molar-refractivity contribution in [2.45, 2.75) is 271 Å². The van der Waals surface area contributed by atoms with Crippen molar-refractivity contribution in [3.63, 3.8) is 0 Å². The molecule has 0 aliphatic heterocycles. The van der Waals surface area contributed by atoms with E-state index in [4.69, 9.17) is 14.2 Å². The van der Waals surface area contributed by atoms with E-state index in [1.54, 1.807) is 0 Å². The first-order valence-electron chi connectivity index (χ1n) is 26.2. The van der Waals surface area contributed by atoms with Gasteiger partial charge in [0.05, 0.1) is 0 Å². The molecule has 0 heterocycles. The van der Waals surface area contributed by atoms with Gasteiger partial charge in [0, 0.05) is 19.3 Å². The standard InChI is InChI=1S/C55H98O6/c1-4-7-10-13-16-19-22-24-26-27-29-30-33-36-39-42-45-48-54(57)60-51-52(50-59-53(56)47-44-41-38-35-32-21-18-15-12-9-6-3)61-55(58)49-46-43-40-37-34-31-28-25-23-20-17-14-11-8-5-2/h8,11,14-15,17-18,20,23,52H,4-7,9-10,12-13,16,19,21-22,24-51H2,1-3H3/b11-8-,17-14-,18-15-,23-20-. The van der Waals surface area contributed by atoms with Crippen LogP contribution in [-0.4, -0.2) is 37.2 Å². The van der Waals surface area contributed by atoms with Crippen LogP contribution in [0.3, 0.4) is 0 Å². The molecular weight excluding hydrogens is 757 g/mol. The summed E-state index contributed by atoms with van der Waals surface area (Å²) in [5.74, 6) is -0.892. The predicted octanol–water partition coefficient (Wildman–Crippen LogP) is 17.1. The molecule has 0 aromatic carbocycles. The molecule has 0 saturated carbocycles. The Bertz CT molecular complexity index is 1070. The molecule has 1 unspecified atom stereocenters. The Kier molecular flexibility index (Phi) is 47.9. The van der Waals surface area contributed by atoms with E-state index in [0.717, 1.165) is 77.0 Å². The Morgan fingerprint density at radius 2 is 0.672 bits per heavy atom. The molecule has 0 radical (unpaired) electrons. The van der Waals surface area contributed by atoms with Crippen LogP contribution in [0.4, 0.5) is 0 Å². The van der Waals surface area contributed by atoms with Crippen molar-refractivity contribution in [3.8, 4) is 0 Å². The normalized spacial score (nSPS) is 12.4. The van der Waals surface area contributed by atoms with E-state index >= 15 is 0 Å². The highest BCUT2D eigenvalue weighted by Crippen LogP contribution is 2.16. The van der Waals surface area contributed by atoms with Crippen LogP contribution >= 0.6 is 0 Å². The summed E-state index contributed by atoms with van der Waals surface area (Å²) in [6.07, 6.45) is 59.5. The minimum atomic E-state index is -0.779. The molecule has 0 aromatic rings. The van der Waals surface area contributed by atoms with Gasteiger partial charge in [0.15, 0.2) is 6.10 Å². The quantitative estimate of drug-likeness (QED) is 0.0199. The zero-order valence-electron chi connectivity index (χ0n) is 40.4. The van der Waals surface area contributed by atoms with Crippen molar-refractivity contribution in [1.82, 2.24) is 0 Å². The predicted molar refractivity (Wildman–Crippen MR) is 261 cm³/mol. The van der Waals surface area contributed by atoms with Crippen LogP contribution < -0.4 is 0 Å². The molecule has 0 saturated heterocycles. The number of hydrogen-bond acceptors (Lipinski definition) is 6. The van der Waals surface area contributed by atoms with E-state index < -0.39 is 6.10 Å². The largest absolute Gasteiger partial charge is 0.462 e. The summed E-state index contributed by atoms with van der Waals surface area (Å²) in [6.45, 7) is 6.47. The highest BCUT2D eigenvalue weighted by molar-refractivity contribution is 5.71. The monoisotopic (exact) mass is 855 g/mol. The van der Waals surface area contributed by atoms with E-state index in [1.807, 2.05) is 0 Å². The van der Waals surface area contributed by atoms with Crippen molar-refractivity contribution in [1.29, 1.82) is 0 Å². The molecule has 354 valence electrons. The fourth-order valence-electron chi connectivity index (χ4n) is 7.42. The van der Waals surface area contributed by atoms with Crippen LogP contribution in [0.2, 0.25) is 0 Å². The molecule has 0 aliphatic rings. The van der Waals surface area contributed by atoms with Crippen LogP contribution in [0.25, 0.3) is 0 Å². The summed E-state index contributed by atoms with van der Waals surface area (Å²) in [5, 5.41) is 0. The Morgan fingerprint density at radius 3 is 1.08 bits per heavy atom. The summed E-state index contributed by atoms with van der Waals surface area (Å²) in [4.78, 5) is 37.9. The van der Waals surface area contributed by atoms with E-state index in [-0.39, 0.29) is 31.1 Å². The topological polar surface area (TPSA) is 78.9 Å². The van der Waals surface area contributed by atoms with Crippen LogP contribution in [-0.2, 0) is 28.6 Å². The van der Waals surface area contributed by atoms with Crippen LogP contribution in [0.5, 0.6) is 0 Å². The molecule has 0 aromatic heterocycles. The van der Waals surface area contributed by atoms with E-state index in [1.165, 1.54) is 148 Å². The Balaban J connectivity index is 4.34. The van der Waals surface area contributed by atoms with Crippen LogP contribution in [0.15, 0.2) is 48.6 Å². The lowest BCUT2D eigenvalue weighted by Crippen LogP contribution is -2.30. The van der Waals surface area contributed by atoms with E-state index in [9.17, 15) is 14.4 Å². The third-order valence-corrected chi connectivity index (χ3v) is 11.4. The van der Waals surface area contributed by atoms with Crippen molar-refractivity contribution >= 4 is 17.9 Å². The second kappa shape index (κ2) is 50.0. The molecular formula is C55H98O6. The van der Waals surface area contributed by atoms with Gasteiger partial charge in [-0.05, 0) is 57.8 Å². The summed E-state index contributed by atoms with van der Waals surface area (Å²) < 4.78 is 16.8. The third-order valence-electron chi connectivity index (χ3n) is 11.4. The maximum absolute atomic E-state index is 12.8. The van der Waals surface area contributed by atoms with Crippen molar-refractivity contribution in [2.75, 3.05) is 13.2 Å². The second-order valence-electron chi connectivity index (χ2n) is 17.5. The minimum Gasteiger partial charge on any atom is -0.462 e. The smallest absolute Gasteiger partial charge is 0.306 e. The molecule has 0 bridgehead atoms. The van der Waals surface area contributed by atoms with Gasteiger partial charge in [0.2, 0.25) is 0 Å². The van der Waals surface area contributed by atoms with Gasteiger partial charge in [-0.3, -0.25) is 14.4 Å². The van der Waals surface area contributed by atoms with Gasteiger partial charge >= 0.3 is 17.9 Å². The number of rotatable bonds is 47. The zero-order valence-corrected chi connectivity index (χ0v) is 40.4. The number of hydrogen-bond donors (Lipinski definition) is 0. The first-order valence-corrected chi connectivity index (χ1v) is 26.2. The number of ether oxygens (including phenoxy) is 3. The summed E-state index contributed by atoms with van der Waals surface area (Å²) in [5.41, 5.74) is 0. The van der Waals surface area contributed by atoms with Gasteiger partial charge in [0.25, 0.3) is 0 Å². The molecule has 0 rings (SSSR count). The molecule has 0 spiro atoms. The summed E-state index contributed by atoms with van der Waals surface area (Å²) >= 11 is 0. The van der Waals surface area contributed by atoms with Gasteiger partial charge in [-0.25, -0.2) is 0 Å². The van der Waals surface area contributed by atoms with Gasteiger partial charge in [-0.2, -0.15) is 0 Å². The molecule has 0 aliphatic carbocycles. The van der Waals surface area contributed by atoms with Gasteiger partial charge in [-0.15, -0.1) is 0 Å². The minimum absolute atomic E-state index is 0.0783. The average Bonchev–Trinajstić information content (AvgIpc) is 3.26. The van der Waals surface area contributed by atoms with Crippen LogP contribution in [0.1, 0.15) is 265 Å². The molecule has 1 atom stereocenters. The maximum Gasteiger partial charge on any atom is 0.306 e. The molecule has 0 amide bonds. The molecule has 6 heteroatoms. The first kappa shape index (κ1) is 58.4. The zero-order chi connectivity index (χ0) is 44.4. The first-order chi connectivity index (χ1) is 30.0. The lowest BCUT2D eigenvalue weighted by molar-refractivity contribution is -0.167. The SMILES string of the molecule is CC\C=C/C=C\C=C/CCCCCCCCCC(=O)OC(COC(=O)CCCCCCC/C=C\CCCC)COC(=O)CCCCCCCCCCCCCCCCCCC. The maximum atomic E-state index is 12.8. The number of carbonyl (C=O) groups excluding carboxylic acids is 3. The molecule has 6 nitrogen and oxygen atoms in total. The van der Waals surface area contributed by atoms with Crippen molar-refractivity contribution in [2.24, 2.45) is 0 Å².